The number of thioether (sulfide) groups is 1. The quantitative estimate of drug-likeness (QED) is 0.600. The van der Waals surface area contributed by atoms with Gasteiger partial charge in [0, 0.05) is 5.75 Å². The maximum Gasteiger partial charge on any atom is 0.327 e. The van der Waals surface area contributed by atoms with E-state index >= 15 is 0 Å². The second-order valence-electron chi connectivity index (χ2n) is 2.34. The molecule has 1 N–H and O–H groups in total. The lowest BCUT2D eigenvalue weighted by atomic mass is 10.3. The fraction of sp³-hybridized carbons (Fsp3) is 0.667. The van der Waals surface area contributed by atoms with Crippen LogP contribution in [0.4, 0.5) is 0 Å². The molecule has 0 aromatic rings. The van der Waals surface area contributed by atoms with Crippen LogP contribution in [-0.4, -0.2) is 39.6 Å². The fourth-order valence-electron chi connectivity index (χ4n) is 1.01. The summed E-state index contributed by atoms with van der Waals surface area (Å²) in [4.78, 5) is 22.2. The molecule has 4 nitrogen and oxygen atoms in total. The predicted octanol–water partition coefficient (Wildman–Crippen LogP) is -0.00920. The molecule has 1 aliphatic rings. The minimum Gasteiger partial charge on any atom is -0.480 e. The van der Waals surface area contributed by atoms with E-state index in [-0.39, 0.29) is 5.37 Å². The van der Waals surface area contributed by atoms with E-state index in [4.69, 9.17) is 5.11 Å². The summed E-state index contributed by atoms with van der Waals surface area (Å²) in [5, 5.41) is 8.61. The largest absolute Gasteiger partial charge is 0.480 e. The Labute approximate surface area is 68.6 Å². The Morgan fingerprint density at radius 3 is 2.82 bits per heavy atom. The van der Waals surface area contributed by atoms with Gasteiger partial charge in [-0.2, -0.15) is 0 Å². The van der Waals surface area contributed by atoms with Gasteiger partial charge in [-0.15, -0.1) is 11.8 Å². The number of carboxylic acid groups (broad SMARTS) is 1. The molecule has 1 amide bonds. The van der Waals surface area contributed by atoms with Crippen molar-refractivity contribution in [3.05, 3.63) is 0 Å². The van der Waals surface area contributed by atoms with Gasteiger partial charge < -0.3 is 10.0 Å². The average Bonchev–Trinajstić information content (AvgIpc) is 2.30. The number of hydrogen-bond acceptors (Lipinski definition) is 3. The van der Waals surface area contributed by atoms with Gasteiger partial charge in [0.25, 0.3) is 0 Å². The van der Waals surface area contributed by atoms with Crippen molar-refractivity contribution in [2.24, 2.45) is 0 Å². The third kappa shape index (κ3) is 1.48. The lowest BCUT2D eigenvalue weighted by Gasteiger charge is -2.18. The van der Waals surface area contributed by atoms with Crippen LogP contribution >= 0.6 is 11.8 Å². The fourth-order valence-corrected chi connectivity index (χ4v) is 2.16. The zero-order valence-electron chi connectivity index (χ0n) is 6.06. The van der Waals surface area contributed by atoms with Crippen LogP contribution in [0.15, 0.2) is 0 Å². The Hall–Kier alpha value is -0.710. The van der Waals surface area contributed by atoms with Gasteiger partial charge in [-0.25, -0.2) is 4.79 Å². The molecule has 0 spiro atoms. The van der Waals surface area contributed by atoms with Crippen LogP contribution in [0.2, 0.25) is 0 Å². The second kappa shape index (κ2) is 3.13. The Morgan fingerprint density at radius 1 is 1.82 bits per heavy atom. The van der Waals surface area contributed by atoms with Gasteiger partial charge in [0.15, 0.2) is 0 Å². The van der Waals surface area contributed by atoms with E-state index in [0.29, 0.717) is 12.2 Å². The summed E-state index contributed by atoms with van der Waals surface area (Å²) in [6.45, 7) is 1.82. The van der Waals surface area contributed by atoms with Crippen molar-refractivity contribution in [2.45, 2.75) is 18.3 Å². The molecule has 1 saturated heterocycles. The number of carbonyl (C=O) groups is 2. The van der Waals surface area contributed by atoms with Crippen LogP contribution < -0.4 is 0 Å². The Kier molecular flexibility index (Phi) is 2.38. The SMILES string of the molecule is CC1SCC(C(=O)O)N1C=O. The molecule has 1 rings (SSSR count). The van der Waals surface area contributed by atoms with Crippen molar-refractivity contribution in [1.82, 2.24) is 4.90 Å². The third-order valence-electron chi connectivity index (χ3n) is 1.68. The number of rotatable bonds is 2. The van der Waals surface area contributed by atoms with Crippen LogP contribution in [-0.2, 0) is 9.59 Å². The molecule has 2 atom stereocenters. The van der Waals surface area contributed by atoms with E-state index in [1.165, 1.54) is 16.7 Å². The Morgan fingerprint density at radius 2 is 2.45 bits per heavy atom. The first-order valence-corrected chi connectivity index (χ1v) is 4.29. The highest BCUT2D eigenvalue weighted by Gasteiger charge is 2.34. The summed E-state index contributed by atoms with van der Waals surface area (Å²) in [5.41, 5.74) is 0. The van der Waals surface area contributed by atoms with Crippen LogP contribution in [0.1, 0.15) is 6.92 Å². The van der Waals surface area contributed by atoms with E-state index < -0.39 is 12.0 Å². The van der Waals surface area contributed by atoms with E-state index in [0.717, 1.165) is 0 Å². The molecule has 0 saturated carbocycles. The van der Waals surface area contributed by atoms with Gasteiger partial charge in [-0.1, -0.05) is 0 Å². The first-order chi connectivity index (χ1) is 5.16. The standard InChI is InChI=1S/C6H9NO3S/c1-4-7(3-8)5(2-11-4)6(9)10/h3-5H,2H2,1H3,(H,9,10). The summed E-state index contributed by atoms with van der Waals surface area (Å²) >= 11 is 1.48. The van der Waals surface area contributed by atoms with Gasteiger partial charge >= 0.3 is 5.97 Å². The lowest BCUT2D eigenvalue weighted by Crippen LogP contribution is -2.39. The third-order valence-corrected chi connectivity index (χ3v) is 2.92. The molecule has 0 radical (unpaired) electrons. The molecule has 0 aliphatic carbocycles. The smallest absolute Gasteiger partial charge is 0.327 e. The lowest BCUT2D eigenvalue weighted by molar-refractivity contribution is -0.145. The number of nitrogens with zero attached hydrogens (tertiary/aromatic N) is 1. The minimum absolute atomic E-state index is 0.00593. The van der Waals surface area contributed by atoms with E-state index in [9.17, 15) is 9.59 Å². The van der Waals surface area contributed by atoms with Gasteiger partial charge in [0.1, 0.15) is 6.04 Å². The number of amides is 1. The number of hydrogen-bond donors (Lipinski definition) is 1. The predicted molar refractivity (Wildman–Crippen MR) is 41.2 cm³/mol. The minimum atomic E-state index is -0.922. The summed E-state index contributed by atoms with van der Waals surface area (Å²) in [6, 6.07) is -0.632. The molecule has 11 heavy (non-hydrogen) atoms. The molecule has 2 unspecified atom stereocenters. The maximum absolute atomic E-state index is 10.5. The number of carboxylic acids is 1. The van der Waals surface area contributed by atoms with Crippen molar-refractivity contribution in [1.29, 1.82) is 0 Å². The Bertz CT molecular complexity index is 185. The Balaban J connectivity index is 2.68. The first-order valence-electron chi connectivity index (χ1n) is 3.24. The van der Waals surface area contributed by atoms with Crippen LogP contribution in [0.5, 0.6) is 0 Å². The van der Waals surface area contributed by atoms with Crippen molar-refractivity contribution in [3.8, 4) is 0 Å². The van der Waals surface area contributed by atoms with Crippen LogP contribution in [0, 0.1) is 0 Å². The summed E-state index contributed by atoms with van der Waals surface area (Å²) in [6.07, 6.45) is 0.601. The number of carbonyl (C=O) groups excluding carboxylic acids is 1. The molecule has 1 aliphatic heterocycles. The van der Waals surface area contributed by atoms with E-state index in [1.807, 2.05) is 6.92 Å². The topological polar surface area (TPSA) is 57.6 Å². The zero-order chi connectivity index (χ0) is 8.43. The molecule has 1 fully saturated rings. The van der Waals surface area contributed by atoms with Gasteiger partial charge in [-0.05, 0) is 6.92 Å². The maximum atomic E-state index is 10.5. The van der Waals surface area contributed by atoms with Crippen molar-refractivity contribution in [2.75, 3.05) is 5.75 Å². The van der Waals surface area contributed by atoms with Crippen LogP contribution in [0.25, 0.3) is 0 Å². The highest BCUT2D eigenvalue weighted by molar-refractivity contribution is 8.00. The van der Waals surface area contributed by atoms with Gasteiger partial charge in [-0.3, -0.25) is 4.79 Å². The second-order valence-corrected chi connectivity index (χ2v) is 3.69. The molecule has 0 bridgehead atoms. The zero-order valence-corrected chi connectivity index (χ0v) is 6.87. The summed E-state index contributed by atoms with van der Waals surface area (Å²) in [7, 11) is 0. The van der Waals surface area contributed by atoms with Gasteiger partial charge in [0.2, 0.25) is 6.41 Å². The van der Waals surface area contributed by atoms with E-state index in [2.05, 4.69) is 0 Å². The van der Waals surface area contributed by atoms with Gasteiger partial charge in [0.05, 0.1) is 5.37 Å². The molecular formula is C6H9NO3S. The molecule has 1 heterocycles. The van der Waals surface area contributed by atoms with Crippen LogP contribution in [0.3, 0.4) is 0 Å². The molecule has 62 valence electrons. The number of aliphatic carboxylic acids is 1. The first kappa shape index (κ1) is 8.39. The summed E-state index contributed by atoms with van der Waals surface area (Å²) < 4.78 is 0. The molecular weight excluding hydrogens is 166 g/mol. The average molecular weight is 175 g/mol. The molecule has 0 aromatic carbocycles. The molecule has 0 aromatic heterocycles. The summed E-state index contributed by atoms with van der Waals surface area (Å²) in [5.74, 6) is -0.427. The van der Waals surface area contributed by atoms with Crippen molar-refractivity contribution >= 4 is 24.1 Å². The van der Waals surface area contributed by atoms with Crippen molar-refractivity contribution < 1.29 is 14.7 Å². The van der Waals surface area contributed by atoms with E-state index in [1.54, 1.807) is 0 Å². The molecule has 5 heteroatoms. The van der Waals surface area contributed by atoms with Crippen molar-refractivity contribution in [3.63, 3.8) is 0 Å². The monoisotopic (exact) mass is 175 g/mol. The normalized spacial score (nSPS) is 30.5. The highest BCUT2D eigenvalue weighted by atomic mass is 32.2. The highest BCUT2D eigenvalue weighted by Crippen LogP contribution is 2.26.